The first-order chi connectivity index (χ1) is 13.7. The van der Waals surface area contributed by atoms with Gasteiger partial charge in [0.15, 0.2) is 11.5 Å². The number of carbonyl (C=O) groups excluding carboxylic acids is 1. The number of benzene rings is 3. The summed E-state index contributed by atoms with van der Waals surface area (Å²) in [5.41, 5.74) is 3.75. The summed E-state index contributed by atoms with van der Waals surface area (Å²) in [7, 11) is 1.38. The van der Waals surface area contributed by atoms with Crippen LogP contribution < -0.4 is 4.74 Å². The van der Waals surface area contributed by atoms with E-state index in [9.17, 15) is 9.90 Å². The number of ether oxygens (including phenoxy) is 2. The minimum Gasteiger partial charge on any atom is -0.504 e. The lowest BCUT2D eigenvalue weighted by Crippen LogP contribution is -2.01. The molecular formula is C24H24O4. The predicted molar refractivity (Wildman–Crippen MR) is 109 cm³/mol. The van der Waals surface area contributed by atoms with Crippen LogP contribution in [0.5, 0.6) is 11.5 Å². The summed E-state index contributed by atoms with van der Waals surface area (Å²) in [5, 5.41) is 10.2. The van der Waals surface area contributed by atoms with Gasteiger partial charge in [-0.25, -0.2) is 4.79 Å². The van der Waals surface area contributed by atoms with E-state index in [4.69, 9.17) is 9.47 Å². The van der Waals surface area contributed by atoms with Crippen molar-refractivity contribution in [1.29, 1.82) is 0 Å². The standard InChI is InChI=1S/C24H24O4/c1-27-24(26)21-15-13-18(14-16-21)9-5-10-20-11-6-12-22(25)23(20)28-17-19-7-3-2-4-8-19/h2-4,6-8,11-16,25H,5,9-10,17H2,1H3. The molecule has 0 aliphatic carbocycles. The molecule has 0 aliphatic heterocycles. The summed E-state index contributed by atoms with van der Waals surface area (Å²) in [5.74, 6) is 0.384. The van der Waals surface area contributed by atoms with Gasteiger partial charge in [0.1, 0.15) is 6.61 Å². The van der Waals surface area contributed by atoms with E-state index in [1.54, 1.807) is 18.2 Å². The topological polar surface area (TPSA) is 55.8 Å². The Morgan fingerprint density at radius 1 is 0.857 bits per heavy atom. The maximum Gasteiger partial charge on any atom is 0.337 e. The first kappa shape index (κ1) is 19.5. The van der Waals surface area contributed by atoms with Gasteiger partial charge >= 0.3 is 5.97 Å². The van der Waals surface area contributed by atoms with E-state index in [0.29, 0.717) is 17.9 Å². The smallest absolute Gasteiger partial charge is 0.337 e. The van der Waals surface area contributed by atoms with Gasteiger partial charge in [-0.05, 0) is 54.2 Å². The molecular weight excluding hydrogens is 352 g/mol. The van der Waals surface area contributed by atoms with E-state index < -0.39 is 0 Å². The second-order valence-electron chi connectivity index (χ2n) is 6.58. The first-order valence-corrected chi connectivity index (χ1v) is 9.32. The van der Waals surface area contributed by atoms with Crippen LogP contribution in [0.15, 0.2) is 72.8 Å². The predicted octanol–water partition coefficient (Wildman–Crippen LogP) is 4.93. The van der Waals surface area contributed by atoms with Crippen molar-refractivity contribution in [2.75, 3.05) is 7.11 Å². The molecule has 0 aromatic heterocycles. The van der Waals surface area contributed by atoms with Crippen LogP contribution in [0.3, 0.4) is 0 Å². The van der Waals surface area contributed by atoms with Crippen LogP contribution in [-0.2, 0) is 24.2 Å². The highest BCUT2D eigenvalue weighted by atomic mass is 16.5. The molecule has 4 heteroatoms. The van der Waals surface area contributed by atoms with Crippen molar-refractivity contribution in [1.82, 2.24) is 0 Å². The summed E-state index contributed by atoms with van der Waals surface area (Å²) in [6.07, 6.45) is 2.56. The van der Waals surface area contributed by atoms with Crippen LogP contribution in [-0.4, -0.2) is 18.2 Å². The molecule has 28 heavy (non-hydrogen) atoms. The van der Waals surface area contributed by atoms with Crippen LogP contribution >= 0.6 is 0 Å². The Hall–Kier alpha value is -3.27. The molecule has 0 bridgehead atoms. The van der Waals surface area contributed by atoms with Crippen LogP contribution in [0.1, 0.15) is 33.5 Å². The van der Waals surface area contributed by atoms with E-state index in [2.05, 4.69) is 0 Å². The number of aromatic hydroxyl groups is 1. The van der Waals surface area contributed by atoms with E-state index in [-0.39, 0.29) is 11.7 Å². The molecule has 144 valence electrons. The number of rotatable bonds is 8. The van der Waals surface area contributed by atoms with Gasteiger partial charge in [0.05, 0.1) is 12.7 Å². The Bertz CT molecular complexity index is 902. The fourth-order valence-corrected chi connectivity index (χ4v) is 3.07. The first-order valence-electron chi connectivity index (χ1n) is 9.32. The SMILES string of the molecule is COC(=O)c1ccc(CCCc2cccc(O)c2OCc2ccccc2)cc1. The van der Waals surface area contributed by atoms with Gasteiger partial charge < -0.3 is 14.6 Å². The average molecular weight is 376 g/mol. The molecule has 0 amide bonds. The monoisotopic (exact) mass is 376 g/mol. The molecule has 0 aliphatic rings. The van der Waals surface area contributed by atoms with Gasteiger partial charge in [0.2, 0.25) is 0 Å². The minimum atomic E-state index is -0.327. The van der Waals surface area contributed by atoms with Crippen LogP contribution in [0.25, 0.3) is 0 Å². The Labute approximate surface area is 165 Å². The number of phenols is 1. The number of aryl methyl sites for hydroxylation is 2. The normalized spacial score (nSPS) is 10.5. The third kappa shape index (κ3) is 5.13. The zero-order valence-corrected chi connectivity index (χ0v) is 15.9. The number of hydrogen-bond acceptors (Lipinski definition) is 4. The molecule has 0 heterocycles. The van der Waals surface area contributed by atoms with E-state index >= 15 is 0 Å². The largest absolute Gasteiger partial charge is 0.504 e. The molecule has 0 saturated carbocycles. The van der Waals surface area contributed by atoms with Crippen molar-refractivity contribution in [3.05, 3.63) is 95.1 Å². The fourth-order valence-electron chi connectivity index (χ4n) is 3.07. The Balaban J connectivity index is 1.59. The van der Waals surface area contributed by atoms with Gasteiger partial charge in [0, 0.05) is 0 Å². The summed E-state index contributed by atoms with van der Waals surface area (Å²) >= 11 is 0. The average Bonchev–Trinajstić information content (AvgIpc) is 2.74. The van der Waals surface area contributed by atoms with Gasteiger partial charge in [-0.15, -0.1) is 0 Å². The fraction of sp³-hybridized carbons (Fsp3) is 0.208. The van der Waals surface area contributed by atoms with Crippen LogP contribution in [0, 0.1) is 0 Å². The van der Waals surface area contributed by atoms with Gasteiger partial charge in [0.25, 0.3) is 0 Å². The van der Waals surface area contributed by atoms with Crippen molar-refractivity contribution in [2.45, 2.75) is 25.9 Å². The number of esters is 1. The van der Waals surface area contributed by atoms with Crippen molar-refractivity contribution in [3.63, 3.8) is 0 Å². The molecule has 3 aromatic rings. The van der Waals surface area contributed by atoms with E-state index in [1.165, 1.54) is 7.11 Å². The molecule has 4 nitrogen and oxygen atoms in total. The quantitative estimate of drug-likeness (QED) is 0.566. The summed E-state index contributed by atoms with van der Waals surface area (Å²) in [4.78, 5) is 11.5. The third-order valence-electron chi connectivity index (χ3n) is 4.59. The number of methoxy groups -OCH3 is 1. The van der Waals surface area contributed by atoms with E-state index in [1.807, 2.05) is 54.6 Å². The molecule has 0 atom stereocenters. The van der Waals surface area contributed by atoms with Crippen molar-refractivity contribution < 1.29 is 19.4 Å². The molecule has 3 aromatic carbocycles. The summed E-state index contributed by atoms with van der Waals surface area (Å²) in [6.45, 7) is 0.417. The summed E-state index contributed by atoms with van der Waals surface area (Å²) in [6, 6.07) is 22.8. The maximum atomic E-state index is 11.5. The second-order valence-corrected chi connectivity index (χ2v) is 6.58. The maximum absolute atomic E-state index is 11.5. The second kappa shape index (κ2) is 9.60. The van der Waals surface area contributed by atoms with Crippen LogP contribution in [0.2, 0.25) is 0 Å². The zero-order chi connectivity index (χ0) is 19.8. The number of para-hydroxylation sites is 1. The lowest BCUT2D eigenvalue weighted by atomic mass is 10.0. The van der Waals surface area contributed by atoms with Gasteiger partial charge in [-0.2, -0.15) is 0 Å². The summed E-state index contributed by atoms with van der Waals surface area (Å²) < 4.78 is 10.6. The molecule has 0 saturated heterocycles. The Morgan fingerprint density at radius 2 is 1.61 bits per heavy atom. The highest BCUT2D eigenvalue weighted by Gasteiger charge is 2.10. The molecule has 3 rings (SSSR count). The zero-order valence-electron chi connectivity index (χ0n) is 15.9. The lowest BCUT2D eigenvalue weighted by Gasteiger charge is -2.13. The van der Waals surface area contributed by atoms with Crippen molar-refractivity contribution in [2.24, 2.45) is 0 Å². The highest BCUT2D eigenvalue weighted by molar-refractivity contribution is 5.89. The third-order valence-corrected chi connectivity index (χ3v) is 4.59. The molecule has 0 unspecified atom stereocenters. The Kier molecular flexibility index (Phi) is 6.68. The van der Waals surface area contributed by atoms with Gasteiger partial charge in [-0.1, -0.05) is 54.6 Å². The number of carbonyl (C=O) groups is 1. The van der Waals surface area contributed by atoms with E-state index in [0.717, 1.165) is 36.0 Å². The molecule has 1 N–H and O–H groups in total. The molecule has 0 radical (unpaired) electrons. The highest BCUT2D eigenvalue weighted by Crippen LogP contribution is 2.32. The minimum absolute atomic E-state index is 0.163. The van der Waals surface area contributed by atoms with Crippen LogP contribution in [0.4, 0.5) is 0 Å². The number of phenolic OH excluding ortho intramolecular Hbond substituents is 1. The number of hydrogen-bond donors (Lipinski definition) is 1. The van der Waals surface area contributed by atoms with Gasteiger partial charge in [-0.3, -0.25) is 0 Å². The van der Waals surface area contributed by atoms with Crippen molar-refractivity contribution >= 4 is 5.97 Å². The molecule has 0 fully saturated rings. The van der Waals surface area contributed by atoms with Crippen molar-refractivity contribution in [3.8, 4) is 11.5 Å². The molecule has 0 spiro atoms. The lowest BCUT2D eigenvalue weighted by molar-refractivity contribution is 0.0600. The Morgan fingerprint density at radius 3 is 2.32 bits per heavy atom.